The highest BCUT2D eigenvalue weighted by Gasteiger charge is 2.37. The van der Waals surface area contributed by atoms with Crippen molar-refractivity contribution in [2.24, 2.45) is 0 Å². The Kier molecular flexibility index (Phi) is 6.93. The summed E-state index contributed by atoms with van der Waals surface area (Å²) in [4.78, 5) is 16.1. The quantitative estimate of drug-likeness (QED) is 0.301. The van der Waals surface area contributed by atoms with E-state index in [1.165, 1.54) is 12.1 Å². The summed E-state index contributed by atoms with van der Waals surface area (Å²) in [7, 11) is 3.23. The van der Waals surface area contributed by atoms with Crippen LogP contribution in [0.3, 0.4) is 0 Å². The normalized spacial score (nSPS) is 15.8. The monoisotopic (exact) mass is 536 g/mol. The lowest BCUT2D eigenvalue weighted by atomic mass is 9.94. The molecule has 0 radical (unpaired) electrons. The molecular weight excluding hydrogens is 502 g/mol. The van der Waals surface area contributed by atoms with Gasteiger partial charge in [0, 0.05) is 44.4 Å². The number of phenols is 1. The number of nitrogens with zero attached hydrogens (tertiary/aromatic N) is 4. The zero-order chi connectivity index (χ0) is 28.1. The minimum atomic E-state index is -0.801. The molecule has 0 unspecified atom stereocenters. The molecule has 39 heavy (non-hydrogen) atoms. The van der Waals surface area contributed by atoms with E-state index < -0.39 is 17.0 Å². The molecule has 0 amide bonds. The van der Waals surface area contributed by atoms with Gasteiger partial charge in [0.2, 0.25) is 0 Å². The first-order chi connectivity index (χ1) is 18.5. The van der Waals surface area contributed by atoms with E-state index in [4.69, 9.17) is 14.5 Å². The van der Waals surface area contributed by atoms with Gasteiger partial charge in [-0.1, -0.05) is 33.8 Å². The molecule has 1 fully saturated rings. The minimum absolute atomic E-state index is 0.00465. The summed E-state index contributed by atoms with van der Waals surface area (Å²) in [5.41, 5.74) is 0.395. The number of aromatic nitrogens is 3. The number of pyridine rings is 1. The van der Waals surface area contributed by atoms with Crippen LogP contribution < -0.4 is 4.90 Å². The van der Waals surface area contributed by atoms with Crippen LogP contribution in [0.5, 0.6) is 5.75 Å². The van der Waals surface area contributed by atoms with Crippen molar-refractivity contribution in [2.75, 3.05) is 32.2 Å². The number of benzene rings is 2. The summed E-state index contributed by atoms with van der Waals surface area (Å²) in [6, 6.07) is 5.92. The standard InChI is InChI=1S/C30H34F2N4O3/c1-7-19-22(31)10-9-17-13-18(37)14-20(23(17)19)25-24(32)26-21(15-33-25)27(35-28(34-26)29(2,3)4)36-12-8-11-30(16-36,38-5)39-6/h9-10,13-15,37H,7-8,11-12,16H2,1-6H3. The Morgan fingerprint density at radius 3 is 2.51 bits per heavy atom. The number of anilines is 1. The molecular formula is C30H34F2N4O3. The second kappa shape index (κ2) is 9.95. The van der Waals surface area contributed by atoms with Crippen LogP contribution in [-0.4, -0.2) is 53.2 Å². The smallest absolute Gasteiger partial charge is 0.185 e. The molecule has 4 aromatic rings. The molecule has 0 saturated carbocycles. The predicted octanol–water partition coefficient (Wildman–Crippen LogP) is 6.28. The Bertz CT molecular complexity index is 1560. The van der Waals surface area contributed by atoms with Gasteiger partial charge >= 0.3 is 0 Å². The van der Waals surface area contributed by atoms with Gasteiger partial charge in [-0.3, -0.25) is 4.98 Å². The number of phenolic OH excluding ortho intramolecular Hbond substituents is 1. The van der Waals surface area contributed by atoms with Crippen LogP contribution in [0.25, 0.3) is 32.9 Å². The highest BCUT2D eigenvalue weighted by atomic mass is 19.1. The summed E-state index contributed by atoms with van der Waals surface area (Å²) in [5.74, 6) is -0.862. The molecule has 1 N–H and O–H groups in total. The summed E-state index contributed by atoms with van der Waals surface area (Å²) < 4.78 is 42.8. The van der Waals surface area contributed by atoms with E-state index in [1.54, 1.807) is 32.5 Å². The number of rotatable bonds is 5. The Morgan fingerprint density at radius 1 is 1.10 bits per heavy atom. The van der Waals surface area contributed by atoms with Gasteiger partial charge in [0.15, 0.2) is 11.6 Å². The lowest BCUT2D eigenvalue weighted by Gasteiger charge is -2.41. The van der Waals surface area contributed by atoms with Gasteiger partial charge in [-0.25, -0.2) is 18.7 Å². The van der Waals surface area contributed by atoms with Crippen molar-refractivity contribution in [3.63, 3.8) is 0 Å². The fourth-order valence-corrected chi connectivity index (χ4v) is 5.42. The lowest BCUT2D eigenvalue weighted by molar-refractivity contribution is -0.209. The van der Waals surface area contributed by atoms with Gasteiger partial charge in [0.25, 0.3) is 0 Å². The second-order valence-corrected chi connectivity index (χ2v) is 11.1. The van der Waals surface area contributed by atoms with Crippen LogP contribution in [0, 0.1) is 11.6 Å². The third-order valence-corrected chi connectivity index (χ3v) is 7.56. The van der Waals surface area contributed by atoms with E-state index in [2.05, 4.69) is 9.97 Å². The molecule has 1 saturated heterocycles. The van der Waals surface area contributed by atoms with Gasteiger partial charge in [-0.2, -0.15) is 0 Å². The zero-order valence-electron chi connectivity index (χ0n) is 23.2. The summed E-state index contributed by atoms with van der Waals surface area (Å²) >= 11 is 0. The molecule has 0 spiro atoms. The Morgan fingerprint density at radius 2 is 1.85 bits per heavy atom. The van der Waals surface area contributed by atoms with Gasteiger partial charge in [-0.15, -0.1) is 0 Å². The topological polar surface area (TPSA) is 80.6 Å². The Balaban J connectivity index is 1.79. The average Bonchev–Trinajstić information content (AvgIpc) is 2.92. The largest absolute Gasteiger partial charge is 0.508 e. The number of hydrogen-bond acceptors (Lipinski definition) is 7. The summed E-state index contributed by atoms with van der Waals surface area (Å²) in [5, 5.41) is 12.1. The number of fused-ring (bicyclic) bond motifs is 2. The van der Waals surface area contributed by atoms with E-state index in [0.29, 0.717) is 58.4 Å². The molecule has 9 heteroatoms. The number of hydrogen-bond donors (Lipinski definition) is 1. The fraction of sp³-hybridized carbons (Fsp3) is 0.433. The maximum atomic E-state index is 16.6. The molecule has 1 aliphatic rings. The molecule has 0 bridgehead atoms. The van der Waals surface area contributed by atoms with Crippen molar-refractivity contribution in [2.45, 2.75) is 58.2 Å². The van der Waals surface area contributed by atoms with Crippen LogP contribution in [0.15, 0.2) is 30.5 Å². The molecule has 5 rings (SSSR count). The maximum absolute atomic E-state index is 16.6. The molecule has 0 aliphatic carbocycles. The highest BCUT2D eigenvalue weighted by Crippen LogP contribution is 2.40. The van der Waals surface area contributed by atoms with Crippen LogP contribution in [0.1, 0.15) is 51.9 Å². The van der Waals surface area contributed by atoms with Crippen molar-refractivity contribution < 1.29 is 23.4 Å². The first-order valence-electron chi connectivity index (χ1n) is 13.2. The van der Waals surface area contributed by atoms with E-state index in [0.717, 1.165) is 12.8 Å². The summed E-state index contributed by atoms with van der Waals surface area (Å²) in [6.07, 6.45) is 3.48. The van der Waals surface area contributed by atoms with Crippen molar-refractivity contribution in [3.8, 4) is 17.0 Å². The lowest BCUT2D eigenvalue weighted by Crippen LogP contribution is -2.51. The van der Waals surface area contributed by atoms with E-state index in [9.17, 15) is 9.50 Å². The highest BCUT2D eigenvalue weighted by molar-refractivity contribution is 6.01. The van der Waals surface area contributed by atoms with Gasteiger partial charge in [0.1, 0.15) is 34.4 Å². The molecule has 1 aliphatic heterocycles. The van der Waals surface area contributed by atoms with Crippen molar-refractivity contribution in [1.82, 2.24) is 15.0 Å². The van der Waals surface area contributed by atoms with Crippen molar-refractivity contribution in [3.05, 3.63) is 53.5 Å². The van der Waals surface area contributed by atoms with Crippen LogP contribution >= 0.6 is 0 Å². The number of halogens is 2. The van der Waals surface area contributed by atoms with Gasteiger partial charge in [0.05, 0.1) is 11.9 Å². The van der Waals surface area contributed by atoms with Crippen LogP contribution in [-0.2, 0) is 21.3 Å². The van der Waals surface area contributed by atoms with Crippen LogP contribution in [0.4, 0.5) is 14.6 Å². The molecule has 7 nitrogen and oxygen atoms in total. The molecule has 2 aromatic heterocycles. The first kappa shape index (κ1) is 27.1. The number of piperidine rings is 1. The number of aryl methyl sites for hydroxylation is 1. The van der Waals surface area contributed by atoms with Gasteiger partial charge < -0.3 is 19.5 Å². The number of ether oxygens (including phenoxy) is 2. The predicted molar refractivity (Wildman–Crippen MR) is 148 cm³/mol. The van der Waals surface area contributed by atoms with Gasteiger partial charge in [-0.05, 0) is 47.4 Å². The third kappa shape index (κ3) is 4.67. The first-order valence-corrected chi connectivity index (χ1v) is 13.2. The van der Waals surface area contributed by atoms with Crippen molar-refractivity contribution in [1.29, 1.82) is 0 Å². The van der Waals surface area contributed by atoms with E-state index in [-0.39, 0.29) is 22.8 Å². The summed E-state index contributed by atoms with van der Waals surface area (Å²) in [6.45, 7) is 8.86. The zero-order valence-corrected chi connectivity index (χ0v) is 23.2. The fourth-order valence-electron chi connectivity index (χ4n) is 5.42. The molecule has 3 heterocycles. The number of methoxy groups -OCH3 is 2. The second-order valence-electron chi connectivity index (χ2n) is 11.1. The number of aromatic hydroxyl groups is 1. The third-order valence-electron chi connectivity index (χ3n) is 7.56. The van der Waals surface area contributed by atoms with Crippen LogP contribution in [0.2, 0.25) is 0 Å². The molecule has 2 aromatic carbocycles. The maximum Gasteiger partial charge on any atom is 0.185 e. The Hall–Kier alpha value is -3.43. The minimum Gasteiger partial charge on any atom is -0.508 e. The average molecular weight is 537 g/mol. The van der Waals surface area contributed by atoms with E-state index in [1.807, 2.05) is 32.6 Å². The Labute approximate surface area is 226 Å². The van der Waals surface area contributed by atoms with E-state index >= 15 is 4.39 Å². The molecule has 206 valence electrons. The molecule has 0 atom stereocenters. The SMILES string of the molecule is CCc1c(F)ccc2cc(O)cc(-c3ncc4c(N5CCCC(OC)(OC)C5)nc(C(C)(C)C)nc4c3F)c12. The van der Waals surface area contributed by atoms with Crippen molar-refractivity contribution >= 4 is 27.5 Å².